The summed E-state index contributed by atoms with van der Waals surface area (Å²) in [5, 5.41) is 21.3. The van der Waals surface area contributed by atoms with E-state index in [0.29, 0.717) is 34.4 Å². The second-order valence-electron chi connectivity index (χ2n) is 9.71. The molecule has 6 rings (SSSR count). The van der Waals surface area contributed by atoms with Crippen LogP contribution < -0.4 is 5.32 Å². The summed E-state index contributed by atoms with van der Waals surface area (Å²) in [6.45, 7) is 2.05. The summed E-state index contributed by atoms with van der Waals surface area (Å²) in [5.41, 5.74) is 4.05. The van der Waals surface area contributed by atoms with Gasteiger partial charge in [0, 0.05) is 28.9 Å². The molecule has 5 atom stereocenters. The Morgan fingerprint density at radius 1 is 1.31 bits per heavy atom. The number of aromatic nitrogens is 3. The smallest absolute Gasteiger partial charge is 0.252 e. The Labute approximate surface area is 187 Å². The molecule has 1 spiro atoms. The number of carbonyl (C=O) groups excluding carboxylic acids is 1. The zero-order valence-corrected chi connectivity index (χ0v) is 18.6. The molecule has 1 saturated heterocycles. The highest BCUT2D eigenvalue weighted by molar-refractivity contribution is 6.07. The highest BCUT2D eigenvalue weighted by atomic mass is 16.3. The Balaban J connectivity index is 1.34. The first-order valence-electron chi connectivity index (χ1n) is 11.7. The number of benzene rings is 1. The van der Waals surface area contributed by atoms with Gasteiger partial charge in [0.2, 0.25) is 0 Å². The van der Waals surface area contributed by atoms with E-state index < -0.39 is 0 Å². The van der Waals surface area contributed by atoms with Gasteiger partial charge in [0.05, 0.1) is 16.6 Å². The molecule has 2 aromatic heterocycles. The Morgan fingerprint density at radius 2 is 2.12 bits per heavy atom. The lowest BCUT2D eigenvalue weighted by molar-refractivity contribution is 0.0922. The standard InChI is InChI=1S/C25H29N5O2/c1-3-19-22-18(13-20(27-23(22)29-28-19)14-6-8-17(31)9-7-14)24(32)26-16-11-15-5-4-10-25(15)21(12-16)30(25)2/h6-9,13,15-16,21,31H,3-5,10-12H2,1-2H3,(H,26,32)(H,27,28,29). The lowest BCUT2D eigenvalue weighted by Gasteiger charge is -2.30. The minimum Gasteiger partial charge on any atom is -0.508 e. The number of phenols is 1. The molecular weight excluding hydrogens is 402 g/mol. The molecule has 32 heavy (non-hydrogen) atoms. The summed E-state index contributed by atoms with van der Waals surface area (Å²) in [4.78, 5) is 20.8. The Bertz CT molecular complexity index is 1200. The lowest BCUT2D eigenvalue weighted by Crippen LogP contribution is -2.43. The number of aromatic hydroxyl groups is 1. The van der Waals surface area contributed by atoms with Crippen LogP contribution in [0.1, 0.15) is 55.1 Å². The summed E-state index contributed by atoms with van der Waals surface area (Å²) >= 11 is 0. The average Bonchev–Trinajstić information content (AvgIpc) is 3.15. The molecule has 5 unspecified atom stereocenters. The van der Waals surface area contributed by atoms with E-state index in [1.807, 2.05) is 25.1 Å². The number of aryl methyl sites for hydroxylation is 1. The molecule has 2 saturated carbocycles. The molecule has 0 bridgehead atoms. The first-order chi connectivity index (χ1) is 15.5. The van der Waals surface area contributed by atoms with Gasteiger partial charge in [-0.05, 0) is 75.4 Å². The molecule has 3 heterocycles. The lowest BCUT2D eigenvalue weighted by atomic mass is 9.78. The summed E-state index contributed by atoms with van der Waals surface area (Å²) in [5.74, 6) is 0.847. The van der Waals surface area contributed by atoms with Crippen LogP contribution in [0, 0.1) is 5.92 Å². The number of likely N-dealkylation sites (tertiary alicyclic amines) is 1. The number of rotatable bonds is 4. The predicted molar refractivity (Wildman–Crippen MR) is 122 cm³/mol. The number of hydrogen-bond donors (Lipinski definition) is 3. The molecule has 2 aliphatic carbocycles. The number of pyridine rings is 1. The van der Waals surface area contributed by atoms with Gasteiger partial charge in [0.15, 0.2) is 5.65 Å². The second-order valence-corrected chi connectivity index (χ2v) is 9.71. The van der Waals surface area contributed by atoms with Crippen LogP contribution in [-0.2, 0) is 6.42 Å². The van der Waals surface area contributed by atoms with Crippen molar-refractivity contribution in [3.8, 4) is 17.0 Å². The first-order valence-corrected chi connectivity index (χ1v) is 11.7. The number of likely N-dealkylation sites (N-methyl/N-ethyl adjacent to an activating group) is 1. The maximum absolute atomic E-state index is 13.6. The van der Waals surface area contributed by atoms with Crippen molar-refractivity contribution in [1.82, 2.24) is 25.4 Å². The number of H-pyrrole nitrogens is 1. The molecule has 3 aliphatic rings. The second kappa shape index (κ2) is 7.04. The molecule has 3 fully saturated rings. The number of nitrogens with zero attached hydrogens (tertiary/aromatic N) is 3. The van der Waals surface area contributed by atoms with Gasteiger partial charge in [-0.15, -0.1) is 0 Å². The molecule has 1 amide bonds. The molecule has 0 radical (unpaired) electrons. The van der Waals surface area contributed by atoms with Crippen LogP contribution in [0.3, 0.4) is 0 Å². The highest BCUT2D eigenvalue weighted by Gasteiger charge is 2.68. The number of hydrogen-bond acceptors (Lipinski definition) is 5. The van der Waals surface area contributed by atoms with Crippen molar-refractivity contribution in [3.05, 3.63) is 41.6 Å². The monoisotopic (exact) mass is 431 g/mol. The van der Waals surface area contributed by atoms with Crippen molar-refractivity contribution in [1.29, 1.82) is 0 Å². The summed E-state index contributed by atoms with van der Waals surface area (Å²) in [6, 6.07) is 9.55. The molecule has 3 aromatic rings. The maximum atomic E-state index is 13.6. The molecule has 3 N–H and O–H groups in total. The van der Waals surface area contributed by atoms with E-state index in [9.17, 15) is 9.90 Å². The largest absolute Gasteiger partial charge is 0.508 e. The van der Waals surface area contributed by atoms with Crippen molar-refractivity contribution < 1.29 is 9.90 Å². The van der Waals surface area contributed by atoms with Crippen LogP contribution in [0.5, 0.6) is 5.75 Å². The van der Waals surface area contributed by atoms with Crippen molar-refractivity contribution >= 4 is 16.9 Å². The molecule has 1 aromatic carbocycles. The first kappa shape index (κ1) is 19.7. The summed E-state index contributed by atoms with van der Waals surface area (Å²) in [6.07, 6.45) is 6.75. The number of aromatic amines is 1. The minimum atomic E-state index is -0.0488. The van der Waals surface area contributed by atoms with E-state index in [1.165, 1.54) is 19.3 Å². The van der Waals surface area contributed by atoms with E-state index in [-0.39, 0.29) is 17.7 Å². The van der Waals surface area contributed by atoms with Crippen LogP contribution in [0.2, 0.25) is 0 Å². The number of nitrogens with one attached hydrogen (secondary N) is 2. The van der Waals surface area contributed by atoms with Crippen LogP contribution >= 0.6 is 0 Å². The zero-order valence-electron chi connectivity index (χ0n) is 18.6. The average molecular weight is 432 g/mol. The van der Waals surface area contributed by atoms with E-state index >= 15 is 0 Å². The fraction of sp³-hybridized carbons (Fsp3) is 0.480. The molecule has 1 aliphatic heterocycles. The van der Waals surface area contributed by atoms with Crippen molar-refractivity contribution in [2.75, 3.05) is 7.05 Å². The van der Waals surface area contributed by atoms with Gasteiger partial charge in [-0.2, -0.15) is 5.10 Å². The zero-order chi connectivity index (χ0) is 22.0. The van der Waals surface area contributed by atoms with Crippen LogP contribution in [0.15, 0.2) is 30.3 Å². The topological polar surface area (TPSA) is 93.9 Å². The predicted octanol–water partition coefficient (Wildman–Crippen LogP) is 3.64. The van der Waals surface area contributed by atoms with Gasteiger partial charge in [0.25, 0.3) is 5.91 Å². The van der Waals surface area contributed by atoms with Crippen molar-refractivity contribution in [3.63, 3.8) is 0 Å². The van der Waals surface area contributed by atoms with Gasteiger partial charge in [-0.25, -0.2) is 4.98 Å². The molecule has 7 heteroatoms. The Hall–Kier alpha value is -2.93. The number of fused-ring (bicyclic) bond motifs is 1. The van der Waals surface area contributed by atoms with Crippen LogP contribution in [-0.4, -0.2) is 55.8 Å². The van der Waals surface area contributed by atoms with Gasteiger partial charge >= 0.3 is 0 Å². The molecule has 7 nitrogen and oxygen atoms in total. The van der Waals surface area contributed by atoms with E-state index in [0.717, 1.165) is 35.9 Å². The van der Waals surface area contributed by atoms with Gasteiger partial charge < -0.3 is 10.4 Å². The van der Waals surface area contributed by atoms with Gasteiger partial charge in [0.1, 0.15) is 5.75 Å². The fourth-order valence-corrected chi connectivity index (χ4v) is 6.63. The normalized spacial score (nSPS) is 30.7. The minimum absolute atomic E-state index is 0.0488. The Morgan fingerprint density at radius 3 is 2.91 bits per heavy atom. The van der Waals surface area contributed by atoms with Crippen LogP contribution in [0.25, 0.3) is 22.3 Å². The summed E-state index contributed by atoms with van der Waals surface area (Å²) < 4.78 is 0. The Kier molecular flexibility index (Phi) is 4.34. The van der Waals surface area contributed by atoms with E-state index in [4.69, 9.17) is 4.98 Å². The van der Waals surface area contributed by atoms with Gasteiger partial charge in [-0.3, -0.25) is 14.8 Å². The van der Waals surface area contributed by atoms with E-state index in [2.05, 4.69) is 27.5 Å². The molecule has 166 valence electrons. The summed E-state index contributed by atoms with van der Waals surface area (Å²) in [7, 11) is 2.25. The number of phenolic OH excluding ortho intramolecular Hbond substituents is 1. The fourth-order valence-electron chi connectivity index (χ4n) is 6.63. The highest BCUT2D eigenvalue weighted by Crippen LogP contribution is 2.60. The molecular formula is C25H29N5O2. The van der Waals surface area contributed by atoms with E-state index in [1.54, 1.807) is 12.1 Å². The SMILES string of the molecule is CCc1[nH]nc2nc(-c3ccc(O)cc3)cc(C(=O)NC3CC4CCCC45C(C3)N5C)c12. The van der Waals surface area contributed by atoms with Crippen LogP contribution in [0.4, 0.5) is 0 Å². The van der Waals surface area contributed by atoms with Crippen molar-refractivity contribution in [2.45, 2.75) is 63.1 Å². The third-order valence-corrected chi connectivity index (χ3v) is 8.24. The third-order valence-electron chi connectivity index (χ3n) is 8.24. The third kappa shape index (κ3) is 2.80. The number of amides is 1. The van der Waals surface area contributed by atoms with Gasteiger partial charge in [-0.1, -0.05) is 13.3 Å². The number of carbonyl (C=O) groups is 1. The van der Waals surface area contributed by atoms with Crippen molar-refractivity contribution in [2.24, 2.45) is 5.92 Å². The maximum Gasteiger partial charge on any atom is 0.252 e. The quantitative estimate of drug-likeness (QED) is 0.549.